The van der Waals surface area contributed by atoms with Gasteiger partial charge in [-0.05, 0) is 77.2 Å². The molecule has 0 spiro atoms. The van der Waals surface area contributed by atoms with Gasteiger partial charge in [-0.15, -0.1) is 0 Å². The van der Waals surface area contributed by atoms with Crippen LogP contribution in [0, 0.1) is 3.57 Å². The first-order valence-corrected chi connectivity index (χ1v) is 10.8. The molecule has 0 radical (unpaired) electrons. The molecule has 2 amide bonds. The number of amides is 2. The van der Waals surface area contributed by atoms with Crippen LogP contribution in [0.2, 0.25) is 0 Å². The van der Waals surface area contributed by atoms with Gasteiger partial charge in [0.1, 0.15) is 5.69 Å². The lowest BCUT2D eigenvalue weighted by molar-refractivity contribution is 0.0943. The maximum Gasteiger partial charge on any atom is 0.270 e. The van der Waals surface area contributed by atoms with Crippen LogP contribution in [0.3, 0.4) is 0 Å². The lowest BCUT2D eigenvalue weighted by Crippen LogP contribution is -2.24. The second-order valence-electron chi connectivity index (χ2n) is 6.80. The highest BCUT2D eigenvalue weighted by Crippen LogP contribution is 2.27. The molecule has 0 bridgehead atoms. The SMILES string of the molecule is O=C(Nc1ccc(I)c(-c2ccccn2)c1)c1ccc(C(=O)NCc2ccccn2)nc1. The number of halogens is 1. The molecule has 1 aromatic carbocycles. The van der Waals surface area contributed by atoms with Gasteiger partial charge < -0.3 is 10.6 Å². The maximum atomic E-state index is 12.7. The van der Waals surface area contributed by atoms with Crippen LogP contribution in [0.5, 0.6) is 0 Å². The normalized spacial score (nSPS) is 10.4. The zero-order valence-electron chi connectivity index (χ0n) is 16.8. The van der Waals surface area contributed by atoms with Crippen molar-refractivity contribution in [1.29, 1.82) is 0 Å². The average molecular weight is 535 g/mol. The van der Waals surface area contributed by atoms with Crippen LogP contribution in [-0.4, -0.2) is 26.8 Å². The van der Waals surface area contributed by atoms with Crippen LogP contribution in [0.4, 0.5) is 5.69 Å². The third kappa shape index (κ3) is 5.33. The van der Waals surface area contributed by atoms with E-state index in [0.29, 0.717) is 17.8 Å². The standard InChI is InChI=1S/C24H18IN5O2/c25-20-9-8-17(13-19(20)21-6-2-4-12-27-21)30-23(31)16-7-10-22(28-14-16)24(32)29-15-18-5-1-3-11-26-18/h1-14H,15H2,(H,29,32)(H,30,31). The number of nitrogens with zero attached hydrogens (tertiary/aromatic N) is 3. The van der Waals surface area contributed by atoms with Crippen molar-refractivity contribution in [2.75, 3.05) is 5.32 Å². The first-order chi connectivity index (χ1) is 15.6. The second-order valence-corrected chi connectivity index (χ2v) is 7.96. The van der Waals surface area contributed by atoms with Gasteiger partial charge in [0, 0.05) is 33.4 Å². The molecule has 0 fully saturated rings. The zero-order valence-corrected chi connectivity index (χ0v) is 19.0. The fourth-order valence-electron chi connectivity index (χ4n) is 2.95. The summed E-state index contributed by atoms with van der Waals surface area (Å²) < 4.78 is 1.03. The van der Waals surface area contributed by atoms with E-state index in [1.54, 1.807) is 18.5 Å². The van der Waals surface area contributed by atoms with E-state index in [0.717, 1.165) is 20.5 Å². The number of aromatic nitrogens is 3. The minimum atomic E-state index is -0.333. The monoisotopic (exact) mass is 535 g/mol. The molecule has 4 rings (SSSR count). The Hall–Kier alpha value is -3.66. The number of carbonyl (C=O) groups is 2. The third-order valence-corrected chi connectivity index (χ3v) is 5.52. The molecule has 0 saturated heterocycles. The van der Waals surface area contributed by atoms with Crippen LogP contribution < -0.4 is 10.6 Å². The predicted octanol–water partition coefficient (Wildman–Crippen LogP) is 4.33. The van der Waals surface area contributed by atoms with Crippen molar-refractivity contribution in [3.05, 3.63) is 106 Å². The minimum absolute atomic E-state index is 0.226. The van der Waals surface area contributed by atoms with Crippen molar-refractivity contribution in [3.8, 4) is 11.3 Å². The molecule has 32 heavy (non-hydrogen) atoms. The van der Waals surface area contributed by atoms with E-state index < -0.39 is 0 Å². The third-order valence-electron chi connectivity index (χ3n) is 4.58. The van der Waals surface area contributed by atoms with Gasteiger partial charge >= 0.3 is 0 Å². The maximum absolute atomic E-state index is 12.7. The first-order valence-electron chi connectivity index (χ1n) is 9.76. The van der Waals surface area contributed by atoms with E-state index in [1.807, 2.05) is 54.6 Å². The summed E-state index contributed by atoms with van der Waals surface area (Å²) in [6, 6.07) is 19.9. The van der Waals surface area contributed by atoms with Crippen LogP contribution in [0.25, 0.3) is 11.3 Å². The number of anilines is 1. The van der Waals surface area contributed by atoms with E-state index in [1.165, 1.54) is 12.3 Å². The molecule has 0 aliphatic heterocycles. The molecule has 0 unspecified atom stereocenters. The number of hydrogen-bond donors (Lipinski definition) is 2. The fraction of sp³-hybridized carbons (Fsp3) is 0.0417. The van der Waals surface area contributed by atoms with Crippen LogP contribution in [0.1, 0.15) is 26.5 Å². The molecular formula is C24H18IN5O2. The summed E-state index contributed by atoms with van der Waals surface area (Å²) in [6.45, 7) is 0.301. The molecule has 0 atom stereocenters. The molecule has 158 valence electrons. The molecular weight excluding hydrogens is 517 g/mol. The van der Waals surface area contributed by atoms with E-state index >= 15 is 0 Å². The Kier molecular flexibility index (Phi) is 6.81. The Morgan fingerprint density at radius 2 is 1.66 bits per heavy atom. The number of carbonyl (C=O) groups excluding carboxylic acids is 2. The molecule has 2 N–H and O–H groups in total. The van der Waals surface area contributed by atoms with Gasteiger partial charge in [0.05, 0.1) is 23.5 Å². The first kappa shape index (κ1) is 21.6. The summed E-state index contributed by atoms with van der Waals surface area (Å²) in [7, 11) is 0. The molecule has 8 heteroatoms. The summed E-state index contributed by atoms with van der Waals surface area (Å²) in [5.74, 6) is -0.647. The van der Waals surface area contributed by atoms with Gasteiger partial charge in [-0.3, -0.25) is 24.5 Å². The van der Waals surface area contributed by atoms with Gasteiger partial charge in [0.25, 0.3) is 11.8 Å². The van der Waals surface area contributed by atoms with Gasteiger partial charge in [-0.25, -0.2) is 0 Å². The lowest BCUT2D eigenvalue weighted by Gasteiger charge is -2.10. The van der Waals surface area contributed by atoms with Crippen molar-refractivity contribution >= 4 is 40.1 Å². The molecule has 0 saturated carbocycles. The molecule has 3 heterocycles. The molecule has 4 aromatic rings. The Morgan fingerprint density at radius 1 is 0.844 bits per heavy atom. The summed E-state index contributed by atoms with van der Waals surface area (Å²) in [4.78, 5) is 37.6. The van der Waals surface area contributed by atoms with Crippen LogP contribution >= 0.6 is 22.6 Å². The van der Waals surface area contributed by atoms with Crippen LogP contribution in [0.15, 0.2) is 85.3 Å². The van der Waals surface area contributed by atoms with E-state index in [-0.39, 0.29) is 17.5 Å². The second kappa shape index (κ2) is 10.1. The number of rotatable bonds is 6. The Bertz CT molecular complexity index is 1230. The number of hydrogen-bond acceptors (Lipinski definition) is 5. The van der Waals surface area contributed by atoms with Gasteiger partial charge in [-0.2, -0.15) is 0 Å². The van der Waals surface area contributed by atoms with Crippen molar-refractivity contribution in [2.24, 2.45) is 0 Å². The van der Waals surface area contributed by atoms with Gasteiger partial charge in [-0.1, -0.05) is 12.1 Å². The van der Waals surface area contributed by atoms with Crippen molar-refractivity contribution < 1.29 is 9.59 Å². The van der Waals surface area contributed by atoms with Gasteiger partial charge in [0.15, 0.2) is 0 Å². The zero-order chi connectivity index (χ0) is 22.3. The Labute approximate surface area is 198 Å². The van der Waals surface area contributed by atoms with Crippen molar-refractivity contribution in [3.63, 3.8) is 0 Å². The van der Waals surface area contributed by atoms with Crippen molar-refractivity contribution in [1.82, 2.24) is 20.3 Å². The lowest BCUT2D eigenvalue weighted by atomic mass is 10.1. The average Bonchev–Trinajstić information content (AvgIpc) is 2.85. The van der Waals surface area contributed by atoms with E-state index in [9.17, 15) is 9.59 Å². The molecule has 0 aliphatic rings. The van der Waals surface area contributed by atoms with Crippen LogP contribution in [-0.2, 0) is 6.54 Å². The summed E-state index contributed by atoms with van der Waals surface area (Å²) in [5, 5.41) is 5.63. The van der Waals surface area contributed by atoms with E-state index in [2.05, 4.69) is 48.2 Å². The predicted molar refractivity (Wildman–Crippen MR) is 130 cm³/mol. The topological polar surface area (TPSA) is 96.9 Å². The van der Waals surface area contributed by atoms with E-state index in [4.69, 9.17) is 0 Å². The Balaban J connectivity index is 1.41. The largest absolute Gasteiger partial charge is 0.345 e. The summed E-state index contributed by atoms with van der Waals surface area (Å²) in [6.07, 6.45) is 4.79. The highest BCUT2D eigenvalue weighted by atomic mass is 127. The highest BCUT2D eigenvalue weighted by Gasteiger charge is 2.12. The molecule has 3 aromatic heterocycles. The molecule has 7 nitrogen and oxygen atoms in total. The number of benzene rings is 1. The smallest absolute Gasteiger partial charge is 0.270 e. The minimum Gasteiger partial charge on any atom is -0.345 e. The molecule has 0 aliphatic carbocycles. The highest BCUT2D eigenvalue weighted by molar-refractivity contribution is 14.1. The number of pyridine rings is 3. The van der Waals surface area contributed by atoms with Crippen molar-refractivity contribution in [2.45, 2.75) is 6.54 Å². The Morgan fingerprint density at radius 3 is 2.34 bits per heavy atom. The van der Waals surface area contributed by atoms with Gasteiger partial charge in [0.2, 0.25) is 0 Å². The number of nitrogens with one attached hydrogen (secondary N) is 2. The quantitative estimate of drug-likeness (QED) is 0.359. The summed E-state index contributed by atoms with van der Waals surface area (Å²) >= 11 is 2.24. The summed E-state index contributed by atoms with van der Waals surface area (Å²) in [5.41, 5.74) is 3.74. The fourth-order valence-corrected chi connectivity index (χ4v) is 3.56.